The Morgan fingerprint density at radius 1 is 1.00 bits per heavy atom. The number of rotatable bonds is 6. The van der Waals surface area contributed by atoms with Crippen molar-refractivity contribution in [1.82, 2.24) is 4.90 Å². The average molecular weight is 403 g/mol. The molecule has 3 rings (SSSR count). The molecule has 0 bridgehead atoms. The summed E-state index contributed by atoms with van der Waals surface area (Å²) in [5, 5.41) is 0. The number of sulfone groups is 1. The maximum absolute atomic E-state index is 11.7. The van der Waals surface area contributed by atoms with Crippen LogP contribution in [0.2, 0.25) is 0 Å². The van der Waals surface area contributed by atoms with Gasteiger partial charge in [0.1, 0.15) is 6.10 Å². The molecule has 28 heavy (non-hydrogen) atoms. The quantitative estimate of drug-likeness (QED) is 0.692. The molecule has 1 atom stereocenters. The van der Waals surface area contributed by atoms with Gasteiger partial charge in [-0.2, -0.15) is 0 Å². The molecule has 1 aliphatic heterocycles. The van der Waals surface area contributed by atoms with E-state index in [1.54, 1.807) is 24.3 Å². The number of esters is 1. The van der Waals surface area contributed by atoms with E-state index in [0.717, 1.165) is 31.7 Å². The van der Waals surface area contributed by atoms with Gasteiger partial charge in [0.05, 0.1) is 4.90 Å². The topological polar surface area (TPSA) is 66.9 Å². The van der Waals surface area contributed by atoms with Gasteiger partial charge in [-0.25, -0.2) is 8.42 Å². The molecule has 1 fully saturated rings. The monoisotopic (exact) mass is 402 g/mol. The zero-order valence-electron chi connectivity index (χ0n) is 16.2. The fourth-order valence-corrected chi connectivity index (χ4v) is 4.03. The Hall–Kier alpha value is -2.38. The van der Waals surface area contributed by atoms with Crippen LogP contribution in [0.1, 0.15) is 18.6 Å². The number of anilines is 1. The Balaban J connectivity index is 1.66. The van der Waals surface area contributed by atoms with Gasteiger partial charge in [0, 0.05) is 51.6 Å². The Morgan fingerprint density at radius 3 is 2.14 bits per heavy atom. The first-order chi connectivity index (χ1) is 13.3. The van der Waals surface area contributed by atoms with E-state index in [2.05, 4.69) is 21.9 Å². The van der Waals surface area contributed by atoms with Gasteiger partial charge in [0.2, 0.25) is 0 Å². The van der Waals surface area contributed by atoms with Crippen molar-refractivity contribution in [2.24, 2.45) is 0 Å². The molecule has 150 valence electrons. The minimum atomic E-state index is -3.25. The Kier molecular flexibility index (Phi) is 6.36. The summed E-state index contributed by atoms with van der Waals surface area (Å²) in [7, 11) is -3.25. The van der Waals surface area contributed by atoms with Gasteiger partial charge in [0.15, 0.2) is 9.84 Å². The predicted octanol–water partition coefficient (Wildman–Crippen LogP) is 2.52. The molecule has 2 aromatic carbocycles. The van der Waals surface area contributed by atoms with Crippen LogP contribution >= 0.6 is 0 Å². The molecule has 1 saturated heterocycles. The number of ether oxygens (including phenoxy) is 1. The van der Waals surface area contributed by atoms with Gasteiger partial charge in [-0.05, 0) is 29.8 Å². The van der Waals surface area contributed by atoms with Crippen LogP contribution in [-0.2, 0) is 19.4 Å². The normalized spacial score (nSPS) is 16.6. The zero-order valence-corrected chi connectivity index (χ0v) is 17.1. The average Bonchev–Trinajstić information content (AvgIpc) is 2.68. The van der Waals surface area contributed by atoms with Crippen LogP contribution in [0, 0.1) is 0 Å². The summed E-state index contributed by atoms with van der Waals surface area (Å²) in [5.41, 5.74) is 2.02. The lowest BCUT2D eigenvalue weighted by molar-refractivity contribution is -0.147. The summed E-state index contributed by atoms with van der Waals surface area (Å²) in [6.45, 7) is 5.53. The van der Waals surface area contributed by atoms with Crippen molar-refractivity contribution in [3.63, 3.8) is 0 Å². The molecular formula is C21H26N2O4S. The summed E-state index contributed by atoms with van der Waals surface area (Å²) < 4.78 is 28.8. The number of para-hydroxylation sites is 1. The zero-order chi connectivity index (χ0) is 20.1. The minimum absolute atomic E-state index is 0.259. The molecule has 1 heterocycles. The van der Waals surface area contributed by atoms with Crippen LogP contribution in [0.25, 0.3) is 0 Å². The largest absolute Gasteiger partial charge is 0.456 e. The maximum Gasteiger partial charge on any atom is 0.303 e. The second-order valence-electron chi connectivity index (χ2n) is 7.06. The Labute approximate surface area is 166 Å². The number of hydrogen-bond donors (Lipinski definition) is 0. The third-order valence-corrected chi connectivity index (χ3v) is 6.03. The van der Waals surface area contributed by atoms with Crippen molar-refractivity contribution in [2.45, 2.75) is 17.9 Å². The third kappa shape index (κ3) is 5.33. The molecule has 0 aliphatic carbocycles. The van der Waals surface area contributed by atoms with E-state index in [1.807, 2.05) is 18.2 Å². The van der Waals surface area contributed by atoms with E-state index in [-0.39, 0.29) is 10.9 Å². The van der Waals surface area contributed by atoms with Gasteiger partial charge in [-0.1, -0.05) is 30.3 Å². The minimum Gasteiger partial charge on any atom is -0.456 e. The van der Waals surface area contributed by atoms with E-state index >= 15 is 0 Å². The third-order valence-electron chi connectivity index (χ3n) is 4.91. The molecule has 0 N–H and O–H groups in total. The van der Waals surface area contributed by atoms with Crippen molar-refractivity contribution >= 4 is 21.5 Å². The highest BCUT2D eigenvalue weighted by molar-refractivity contribution is 7.90. The molecule has 7 heteroatoms. The first kappa shape index (κ1) is 20.4. The van der Waals surface area contributed by atoms with Crippen molar-refractivity contribution in [1.29, 1.82) is 0 Å². The van der Waals surface area contributed by atoms with Crippen molar-refractivity contribution in [3.8, 4) is 0 Å². The first-order valence-corrected chi connectivity index (χ1v) is 11.2. The number of benzene rings is 2. The molecule has 6 nitrogen and oxygen atoms in total. The number of nitrogens with zero attached hydrogens (tertiary/aromatic N) is 2. The Morgan fingerprint density at radius 2 is 1.61 bits per heavy atom. The fraction of sp³-hybridized carbons (Fsp3) is 0.381. The highest BCUT2D eigenvalue weighted by Gasteiger charge is 2.23. The number of piperazine rings is 1. The van der Waals surface area contributed by atoms with E-state index in [9.17, 15) is 13.2 Å². The highest BCUT2D eigenvalue weighted by Crippen LogP contribution is 2.23. The maximum atomic E-state index is 11.7. The molecule has 0 amide bonds. The summed E-state index contributed by atoms with van der Waals surface area (Å²) in [6, 6.07) is 16.9. The lowest BCUT2D eigenvalue weighted by Gasteiger charge is -2.37. The fourth-order valence-electron chi connectivity index (χ4n) is 3.40. The standard InChI is InChI=1S/C21H26N2O4S/c1-17(24)27-21(18-8-10-20(11-9-18)28(2,25)26)16-22-12-14-23(15-13-22)19-6-4-3-5-7-19/h3-11,21H,12-16H2,1-2H3/t21-/m1/s1. The van der Waals surface area contributed by atoms with Crippen LogP contribution in [0.15, 0.2) is 59.5 Å². The van der Waals surface area contributed by atoms with E-state index in [0.29, 0.717) is 6.54 Å². The smallest absolute Gasteiger partial charge is 0.303 e. The highest BCUT2D eigenvalue weighted by atomic mass is 32.2. The van der Waals surface area contributed by atoms with Crippen LogP contribution < -0.4 is 4.90 Å². The second kappa shape index (κ2) is 8.75. The Bertz CT molecular complexity index is 890. The van der Waals surface area contributed by atoms with Gasteiger partial charge in [0.25, 0.3) is 0 Å². The molecule has 1 aliphatic rings. The molecule has 0 unspecified atom stereocenters. The predicted molar refractivity (Wildman–Crippen MR) is 109 cm³/mol. The summed E-state index contributed by atoms with van der Waals surface area (Å²) in [4.78, 5) is 16.5. The lowest BCUT2D eigenvalue weighted by Crippen LogP contribution is -2.47. The van der Waals surface area contributed by atoms with Crippen molar-refractivity contribution in [2.75, 3.05) is 43.9 Å². The SMILES string of the molecule is CC(=O)O[C@H](CN1CCN(c2ccccc2)CC1)c1ccc(S(C)(=O)=O)cc1. The molecule has 0 aromatic heterocycles. The van der Waals surface area contributed by atoms with E-state index < -0.39 is 15.9 Å². The van der Waals surface area contributed by atoms with Gasteiger partial charge < -0.3 is 9.64 Å². The molecule has 0 saturated carbocycles. The first-order valence-electron chi connectivity index (χ1n) is 9.32. The molecular weight excluding hydrogens is 376 g/mol. The van der Waals surface area contributed by atoms with E-state index in [4.69, 9.17) is 4.74 Å². The number of hydrogen-bond acceptors (Lipinski definition) is 6. The summed E-state index contributed by atoms with van der Waals surface area (Å²) >= 11 is 0. The van der Waals surface area contributed by atoms with Crippen molar-refractivity contribution in [3.05, 3.63) is 60.2 Å². The van der Waals surface area contributed by atoms with Crippen LogP contribution in [0.5, 0.6) is 0 Å². The number of carbonyl (C=O) groups is 1. The molecule has 0 radical (unpaired) electrons. The second-order valence-corrected chi connectivity index (χ2v) is 9.08. The van der Waals surface area contributed by atoms with Gasteiger partial charge >= 0.3 is 5.97 Å². The molecule has 0 spiro atoms. The number of carbonyl (C=O) groups excluding carboxylic acids is 1. The summed E-state index contributed by atoms with van der Waals surface area (Å²) in [5.74, 6) is -0.347. The van der Waals surface area contributed by atoms with Gasteiger partial charge in [-0.3, -0.25) is 9.69 Å². The van der Waals surface area contributed by atoms with Crippen LogP contribution in [0.4, 0.5) is 5.69 Å². The van der Waals surface area contributed by atoms with E-state index in [1.165, 1.54) is 18.9 Å². The van der Waals surface area contributed by atoms with Gasteiger partial charge in [-0.15, -0.1) is 0 Å². The van der Waals surface area contributed by atoms with Crippen LogP contribution in [0.3, 0.4) is 0 Å². The van der Waals surface area contributed by atoms with Crippen LogP contribution in [-0.4, -0.2) is 58.3 Å². The lowest BCUT2D eigenvalue weighted by atomic mass is 10.1. The molecule has 2 aromatic rings. The summed E-state index contributed by atoms with van der Waals surface area (Å²) in [6.07, 6.45) is 0.756. The van der Waals surface area contributed by atoms with Crippen molar-refractivity contribution < 1.29 is 17.9 Å².